The van der Waals surface area contributed by atoms with Crippen LogP contribution in [0.25, 0.3) is 0 Å². The maximum Gasteiger partial charge on any atom is 0.228 e. The van der Waals surface area contributed by atoms with Gasteiger partial charge in [-0.2, -0.15) is 0 Å². The minimum absolute atomic E-state index is 0.203. The molecule has 1 aliphatic heterocycles. The lowest BCUT2D eigenvalue weighted by atomic mass is 9.98. The zero-order valence-electron chi connectivity index (χ0n) is 16.0. The zero-order valence-corrected chi connectivity index (χ0v) is 16.9. The van der Waals surface area contributed by atoms with Crippen molar-refractivity contribution in [1.82, 2.24) is 9.29 Å². The number of piperidine rings is 1. The van der Waals surface area contributed by atoms with Gasteiger partial charge in [-0.3, -0.25) is 9.78 Å². The van der Waals surface area contributed by atoms with Crippen molar-refractivity contribution in [3.63, 3.8) is 0 Å². The molecule has 7 nitrogen and oxygen atoms in total. The van der Waals surface area contributed by atoms with Crippen molar-refractivity contribution in [2.45, 2.75) is 31.9 Å². The van der Waals surface area contributed by atoms with Crippen LogP contribution in [0.4, 0.5) is 5.69 Å². The molecule has 1 aromatic heterocycles. The fraction of sp³-hybridized carbons (Fsp3) is 0.400. The Morgan fingerprint density at radius 2 is 2.04 bits per heavy atom. The summed E-state index contributed by atoms with van der Waals surface area (Å²) < 4.78 is 32.1. The van der Waals surface area contributed by atoms with E-state index in [1.807, 2.05) is 12.1 Å². The second kappa shape index (κ2) is 8.70. The summed E-state index contributed by atoms with van der Waals surface area (Å²) in [5.74, 6) is 0.474. The average Bonchev–Trinajstić information content (AvgIpc) is 2.70. The second-order valence-corrected chi connectivity index (χ2v) is 9.56. The topological polar surface area (TPSA) is 88.6 Å². The van der Waals surface area contributed by atoms with Gasteiger partial charge in [-0.05, 0) is 51.0 Å². The molecule has 0 spiro atoms. The average molecular weight is 404 g/mol. The number of carbonyl (C=O) groups is 1. The first-order chi connectivity index (χ1) is 13.4. The van der Waals surface area contributed by atoms with Crippen LogP contribution in [0.1, 0.15) is 26.7 Å². The fourth-order valence-electron chi connectivity index (χ4n) is 3.11. The van der Waals surface area contributed by atoms with Crippen LogP contribution in [0.3, 0.4) is 0 Å². The maximum atomic E-state index is 12.8. The number of sulfonamides is 1. The normalized spacial score (nSPS) is 18.0. The molecule has 1 saturated heterocycles. The van der Waals surface area contributed by atoms with Crippen LogP contribution >= 0.6 is 0 Å². The maximum absolute atomic E-state index is 12.8. The third kappa shape index (κ3) is 4.69. The molecule has 1 fully saturated rings. The summed E-state index contributed by atoms with van der Waals surface area (Å²) in [6.07, 6.45) is 4.56. The monoisotopic (exact) mass is 403 g/mol. The van der Waals surface area contributed by atoms with Crippen LogP contribution < -0.4 is 10.1 Å². The largest absolute Gasteiger partial charge is 0.454 e. The van der Waals surface area contributed by atoms with E-state index in [1.54, 1.807) is 50.5 Å². The zero-order chi connectivity index (χ0) is 20.1. The number of aromatic nitrogens is 1. The van der Waals surface area contributed by atoms with Crippen LogP contribution in [0.5, 0.6) is 11.5 Å². The van der Waals surface area contributed by atoms with Crippen molar-refractivity contribution in [3.05, 3.63) is 48.8 Å². The third-order valence-corrected chi connectivity index (χ3v) is 6.96. The molecule has 1 N–H and O–H groups in total. The predicted molar refractivity (Wildman–Crippen MR) is 108 cm³/mol. The van der Waals surface area contributed by atoms with Crippen molar-refractivity contribution < 1.29 is 17.9 Å². The first-order valence-corrected chi connectivity index (χ1v) is 10.8. The van der Waals surface area contributed by atoms with Crippen LogP contribution in [-0.2, 0) is 14.8 Å². The molecule has 1 aliphatic rings. The number of hydrogen-bond acceptors (Lipinski definition) is 5. The fourth-order valence-corrected chi connectivity index (χ4v) is 4.48. The van der Waals surface area contributed by atoms with Gasteiger partial charge in [0.2, 0.25) is 15.9 Å². The number of para-hydroxylation sites is 2. The highest BCUT2D eigenvalue weighted by Gasteiger charge is 2.34. The SMILES string of the molecule is CC(C)S(=O)(=O)N1CCCC(C(=O)Nc2ccccc2Oc2cccnc2)C1. The standard InChI is InChI=1S/C20H25N3O4S/c1-15(2)28(25,26)23-12-6-7-16(14-23)20(24)22-18-9-3-4-10-19(18)27-17-8-5-11-21-13-17/h3-5,8-11,13,15-16H,6-7,12,14H2,1-2H3,(H,22,24). The number of hydrogen-bond donors (Lipinski definition) is 1. The molecule has 0 saturated carbocycles. The van der Waals surface area contributed by atoms with Gasteiger partial charge < -0.3 is 10.1 Å². The van der Waals surface area contributed by atoms with E-state index in [0.717, 1.165) is 0 Å². The molecule has 150 valence electrons. The Hall–Kier alpha value is -2.45. The summed E-state index contributed by atoms with van der Waals surface area (Å²) in [5, 5.41) is 2.40. The van der Waals surface area contributed by atoms with Gasteiger partial charge in [0.1, 0.15) is 5.75 Å². The highest BCUT2D eigenvalue weighted by atomic mass is 32.2. The highest BCUT2D eigenvalue weighted by molar-refractivity contribution is 7.89. The summed E-state index contributed by atoms with van der Waals surface area (Å²) in [6.45, 7) is 3.99. The smallest absolute Gasteiger partial charge is 0.228 e. The number of nitrogens with one attached hydrogen (secondary N) is 1. The first kappa shape index (κ1) is 20.3. The van der Waals surface area contributed by atoms with Crippen LogP contribution in [0.15, 0.2) is 48.8 Å². The summed E-state index contributed by atoms with van der Waals surface area (Å²) >= 11 is 0. The van der Waals surface area contributed by atoms with E-state index in [1.165, 1.54) is 4.31 Å². The number of carbonyl (C=O) groups excluding carboxylic acids is 1. The summed E-state index contributed by atoms with van der Waals surface area (Å²) in [7, 11) is -3.37. The van der Waals surface area contributed by atoms with Gasteiger partial charge in [-0.25, -0.2) is 12.7 Å². The number of nitrogens with zero attached hydrogens (tertiary/aromatic N) is 2. The number of benzene rings is 1. The Morgan fingerprint density at radius 1 is 1.25 bits per heavy atom. The van der Waals surface area contributed by atoms with Crippen LogP contribution in [-0.4, -0.2) is 42.0 Å². The molecule has 1 unspecified atom stereocenters. The van der Waals surface area contributed by atoms with Gasteiger partial charge in [0.25, 0.3) is 0 Å². The van der Waals surface area contributed by atoms with Gasteiger partial charge in [-0.1, -0.05) is 12.1 Å². The molecular formula is C20H25N3O4S. The van der Waals surface area contributed by atoms with E-state index in [0.29, 0.717) is 36.6 Å². The van der Waals surface area contributed by atoms with E-state index in [2.05, 4.69) is 10.3 Å². The van der Waals surface area contributed by atoms with E-state index < -0.39 is 21.2 Å². The number of amides is 1. The predicted octanol–water partition coefficient (Wildman–Crippen LogP) is 3.26. The lowest BCUT2D eigenvalue weighted by Crippen LogP contribution is -2.46. The van der Waals surface area contributed by atoms with E-state index in [9.17, 15) is 13.2 Å². The molecule has 1 amide bonds. The Kier molecular flexibility index (Phi) is 6.31. The van der Waals surface area contributed by atoms with Crippen LogP contribution in [0.2, 0.25) is 0 Å². The Morgan fingerprint density at radius 3 is 2.75 bits per heavy atom. The lowest BCUT2D eigenvalue weighted by molar-refractivity contribution is -0.120. The molecule has 0 aliphatic carbocycles. The van der Waals surface area contributed by atoms with E-state index >= 15 is 0 Å². The lowest BCUT2D eigenvalue weighted by Gasteiger charge is -2.32. The second-order valence-electron chi connectivity index (χ2n) is 7.07. The Balaban J connectivity index is 1.71. The number of ether oxygens (including phenoxy) is 1. The number of pyridine rings is 1. The molecule has 3 rings (SSSR count). The quantitative estimate of drug-likeness (QED) is 0.800. The summed E-state index contributed by atoms with van der Waals surface area (Å²) in [6, 6.07) is 10.7. The van der Waals surface area contributed by atoms with Gasteiger partial charge in [0.05, 0.1) is 23.1 Å². The van der Waals surface area contributed by atoms with Gasteiger partial charge in [0.15, 0.2) is 5.75 Å². The van der Waals surface area contributed by atoms with Gasteiger partial charge in [0, 0.05) is 19.3 Å². The molecule has 8 heteroatoms. The van der Waals surface area contributed by atoms with Gasteiger partial charge >= 0.3 is 0 Å². The van der Waals surface area contributed by atoms with Crippen molar-refractivity contribution in [2.75, 3.05) is 18.4 Å². The van der Waals surface area contributed by atoms with Crippen molar-refractivity contribution in [3.8, 4) is 11.5 Å². The van der Waals surface area contributed by atoms with Crippen molar-refractivity contribution in [1.29, 1.82) is 0 Å². The molecule has 0 radical (unpaired) electrons. The minimum Gasteiger partial charge on any atom is -0.454 e. The molecule has 2 heterocycles. The minimum atomic E-state index is -3.37. The summed E-state index contributed by atoms with van der Waals surface area (Å²) in [4.78, 5) is 16.8. The molecule has 1 atom stereocenters. The van der Waals surface area contributed by atoms with Crippen molar-refractivity contribution in [2.24, 2.45) is 5.92 Å². The Labute approximate surface area is 165 Å². The molecular weight excluding hydrogens is 378 g/mol. The highest BCUT2D eigenvalue weighted by Crippen LogP contribution is 2.30. The van der Waals surface area contributed by atoms with Gasteiger partial charge in [-0.15, -0.1) is 0 Å². The molecule has 2 aromatic rings. The molecule has 1 aromatic carbocycles. The number of anilines is 1. The summed E-state index contributed by atoms with van der Waals surface area (Å²) in [5.41, 5.74) is 0.542. The molecule has 0 bridgehead atoms. The van der Waals surface area contributed by atoms with Crippen LogP contribution in [0, 0.1) is 5.92 Å². The third-order valence-electron chi connectivity index (χ3n) is 4.72. The van der Waals surface area contributed by atoms with Crippen molar-refractivity contribution >= 4 is 21.6 Å². The van der Waals surface area contributed by atoms with E-state index in [-0.39, 0.29) is 12.5 Å². The first-order valence-electron chi connectivity index (χ1n) is 9.34. The Bertz CT molecular complexity index is 916. The number of rotatable bonds is 6. The van der Waals surface area contributed by atoms with E-state index in [4.69, 9.17) is 4.74 Å². The molecule has 28 heavy (non-hydrogen) atoms.